The van der Waals surface area contributed by atoms with Gasteiger partial charge in [-0.2, -0.15) is 10.1 Å². The molecule has 2 N–H and O–H groups in total. The molecule has 94 valence electrons. The van der Waals surface area contributed by atoms with Crippen LogP contribution in [-0.2, 0) is 6.42 Å². The van der Waals surface area contributed by atoms with Gasteiger partial charge in [-0.15, -0.1) is 0 Å². The van der Waals surface area contributed by atoms with Gasteiger partial charge >= 0.3 is 0 Å². The first-order valence-corrected chi connectivity index (χ1v) is 6.46. The van der Waals surface area contributed by atoms with Crippen LogP contribution >= 0.6 is 12.2 Å². The molecular weight excluding hydrogens is 244 g/mol. The van der Waals surface area contributed by atoms with E-state index in [2.05, 4.69) is 39.6 Å². The molecule has 0 saturated carbocycles. The molecule has 0 atom stereocenters. The highest BCUT2D eigenvalue weighted by Crippen LogP contribution is 2.15. The van der Waals surface area contributed by atoms with Crippen LogP contribution in [0.1, 0.15) is 25.3 Å². The van der Waals surface area contributed by atoms with E-state index in [0.717, 1.165) is 12.1 Å². The topological polar surface area (TPSA) is 53.6 Å². The van der Waals surface area contributed by atoms with E-state index in [4.69, 9.17) is 12.2 Å². The van der Waals surface area contributed by atoms with Gasteiger partial charge in [-0.05, 0) is 42.8 Å². The van der Waals surface area contributed by atoms with Crippen molar-refractivity contribution in [2.45, 2.75) is 26.2 Å². The van der Waals surface area contributed by atoms with E-state index in [9.17, 15) is 0 Å². The van der Waals surface area contributed by atoms with Crippen molar-refractivity contribution in [2.24, 2.45) is 0 Å². The SMILES string of the molecule is CCCCc1ccc(Nc2cn[nH]c(=S)n2)cc1. The number of nitrogens with one attached hydrogen (secondary N) is 2. The summed E-state index contributed by atoms with van der Waals surface area (Å²) in [5, 5.41) is 9.66. The highest BCUT2D eigenvalue weighted by Gasteiger charge is 1.97. The fraction of sp³-hybridized carbons (Fsp3) is 0.308. The second-order valence-electron chi connectivity index (χ2n) is 4.10. The quantitative estimate of drug-likeness (QED) is 0.806. The third-order valence-corrected chi connectivity index (χ3v) is 2.80. The molecule has 5 heteroatoms. The number of aromatic amines is 1. The number of nitrogens with zero attached hydrogens (tertiary/aromatic N) is 2. The fourth-order valence-corrected chi connectivity index (χ4v) is 1.81. The van der Waals surface area contributed by atoms with Crippen molar-refractivity contribution in [1.29, 1.82) is 0 Å². The minimum atomic E-state index is 0.375. The lowest BCUT2D eigenvalue weighted by Crippen LogP contribution is -1.96. The first-order chi connectivity index (χ1) is 8.78. The molecule has 0 fully saturated rings. The minimum Gasteiger partial charge on any atom is -0.339 e. The third-order valence-electron chi connectivity index (χ3n) is 2.61. The maximum Gasteiger partial charge on any atom is 0.215 e. The van der Waals surface area contributed by atoms with Gasteiger partial charge in [0.05, 0.1) is 6.20 Å². The fourth-order valence-electron chi connectivity index (χ4n) is 1.66. The van der Waals surface area contributed by atoms with Crippen molar-refractivity contribution in [3.05, 3.63) is 40.8 Å². The van der Waals surface area contributed by atoms with Crippen molar-refractivity contribution < 1.29 is 0 Å². The summed E-state index contributed by atoms with van der Waals surface area (Å²) in [6.07, 6.45) is 5.19. The second-order valence-corrected chi connectivity index (χ2v) is 4.48. The van der Waals surface area contributed by atoms with Gasteiger partial charge in [0.1, 0.15) is 0 Å². The van der Waals surface area contributed by atoms with Crippen LogP contribution < -0.4 is 5.32 Å². The Balaban J connectivity index is 2.04. The molecule has 0 radical (unpaired) electrons. The van der Waals surface area contributed by atoms with Crippen molar-refractivity contribution in [3.8, 4) is 0 Å². The van der Waals surface area contributed by atoms with Crippen molar-refractivity contribution >= 4 is 23.7 Å². The van der Waals surface area contributed by atoms with Gasteiger partial charge in [0.25, 0.3) is 0 Å². The number of hydrogen-bond acceptors (Lipinski definition) is 4. The molecule has 18 heavy (non-hydrogen) atoms. The molecule has 0 bridgehead atoms. The number of anilines is 2. The Morgan fingerprint density at radius 3 is 2.72 bits per heavy atom. The standard InChI is InChI=1S/C13H16N4S/c1-2-3-4-10-5-7-11(8-6-10)15-12-9-14-17-13(18)16-12/h5-9H,2-4H2,1H3,(H2,15,16,17,18). The molecule has 0 saturated heterocycles. The third kappa shape index (κ3) is 3.63. The molecule has 1 aromatic carbocycles. The summed E-state index contributed by atoms with van der Waals surface area (Å²) >= 11 is 4.92. The van der Waals surface area contributed by atoms with E-state index < -0.39 is 0 Å². The Kier molecular flexibility index (Phi) is 4.41. The number of aryl methyl sites for hydroxylation is 1. The average molecular weight is 260 g/mol. The van der Waals surface area contributed by atoms with Gasteiger partial charge in [-0.25, -0.2) is 0 Å². The normalized spacial score (nSPS) is 10.3. The van der Waals surface area contributed by atoms with Gasteiger partial charge in [-0.1, -0.05) is 25.5 Å². The second kappa shape index (κ2) is 6.26. The summed E-state index contributed by atoms with van der Waals surface area (Å²) in [4.78, 5) is 4.13. The van der Waals surface area contributed by atoms with E-state index in [1.807, 2.05) is 12.1 Å². The highest BCUT2D eigenvalue weighted by atomic mass is 32.1. The van der Waals surface area contributed by atoms with Crippen LogP contribution in [0.3, 0.4) is 0 Å². The average Bonchev–Trinajstić information content (AvgIpc) is 2.38. The van der Waals surface area contributed by atoms with E-state index in [1.54, 1.807) is 6.20 Å². The zero-order valence-electron chi connectivity index (χ0n) is 10.3. The highest BCUT2D eigenvalue weighted by molar-refractivity contribution is 7.71. The molecule has 2 rings (SSSR count). The Labute approximate surface area is 111 Å². The maximum absolute atomic E-state index is 4.92. The molecule has 1 heterocycles. The molecule has 1 aromatic heterocycles. The molecule has 0 aliphatic carbocycles. The van der Waals surface area contributed by atoms with Crippen LogP contribution in [0.15, 0.2) is 30.5 Å². The summed E-state index contributed by atoms with van der Waals surface area (Å²) in [7, 11) is 0. The van der Waals surface area contributed by atoms with Gasteiger partial charge in [0.15, 0.2) is 5.82 Å². The van der Waals surface area contributed by atoms with Crippen LogP contribution in [0.2, 0.25) is 0 Å². The molecule has 0 aliphatic heterocycles. The first kappa shape index (κ1) is 12.7. The lowest BCUT2D eigenvalue weighted by Gasteiger charge is -2.06. The molecule has 2 aromatic rings. The van der Waals surface area contributed by atoms with Gasteiger partial charge in [0.2, 0.25) is 4.77 Å². The smallest absolute Gasteiger partial charge is 0.215 e. The number of benzene rings is 1. The van der Waals surface area contributed by atoms with Crippen molar-refractivity contribution in [2.75, 3.05) is 5.32 Å². The van der Waals surface area contributed by atoms with E-state index in [1.165, 1.54) is 18.4 Å². The molecule has 0 unspecified atom stereocenters. The molecule has 4 nitrogen and oxygen atoms in total. The van der Waals surface area contributed by atoms with Gasteiger partial charge < -0.3 is 5.32 Å². The minimum absolute atomic E-state index is 0.375. The first-order valence-electron chi connectivity index (χ1n) is 6.05. The number of rotatable bonds is 5. The summed E-state index contributed by atoms with van der Waals surface area (Å²) < 4.78 is 0.375. The number of unbranched alkanes of at least 4 members (excludes halogenated alkanes) is 1. The molecule has 0 aliphatic rings. The predicted molar refractivity (Wildman–Crippen MR) is 75.6 cm³/mol. The Bertz CT molecular complexity index is 547. The van der Waals surface area contributed by atoms with E-state index in [0.29, 0.717) is 10.6 Å². The van der Waals surface area contributed by atoms with Crippen LogP contribution in [0.25, 0.3) is 0 Å². The van der Waals surface area contributed by atoms with Crippen molar-refractivity contribution in [3.63, 3.8) is 0 Å². The lowest BCUT2D eigenvalue weighted by molar-refractivity contribution is 0.795. The van der Waals surface area contributed by atoms with Gasteiger partial charge in [-0.3, -0.25) is 5.10 Å². The monoisotopic (exact) mass is 260 g/mol. The zero-order chi connectivity index (χ0) is 12.8. The van der Waals surface area contributed by atoms with E-state index in [-0.39, 0.29) is 0 Å². The molecular formula is C13H16N4S. The molecule has 0 spiro atoms. The van der Waals surface area contributed by atoms with E-state index >= 15 is 0 Å². The largest absolute Gasteiger partial charge is 0.339 e. The summed E-state index contributed by atoms with van der Waals surface area (Å²) in [5.41, 5.74) is 2.35. The summed E-state index contributed by atoms with van der Waals surface area (Å²) in [5.74, 6) is 0.653. The maximum atomic E-state index is 4.92. The van der Waals surface area contributed by atoms with Crippen molar-refractivity contribution in [1.82, 2.24) is 15.2 Å². The van der Waals surface area contributed by atoms with Crippen LogP contribution in [0.5, 0.6) is 0 Å². The van der Waals surface area contributed by atoms with Crippen LogP contribution in [0.4, 0.5) is 11.5 Å². The van der Waals surface area contributed by atoms with Crippen LogP contribution in [-0.4, -0.2) is 15.2 Å². The number of aromatic nitrogens is 3. The zero-order valence-corrected chi connectivity index (χ0v) is 11.1. The number of H-pyrrole nitrogens is 1. The Morgan fingerprint density at radius 2 is 2.06 bits per heavy atom. The predicted octanol–water partition coefficient (Wildman–Crippen LogP) is 3.62. The Morgan fingerprint density at radius 1 is 1.28 bits per heavy atom. The summed E-state index contributed by atoms with van der Waals surface area (Å²) in [6, 6.07) is 8.36. The van der Waals surface area contributed by atoms with Crippen LogP contribution in [0, 0.1) is 4.77 Å². The molecule has 0 amide bonds. The lowest BCUT2D eigenvalue weighted by atomic mass is 10.1. The Hall–Kier alpha value is -1.75. The summed E-state index contributed by atoms with van der Waals surface area (Å²) in [6.45, 7) is 2.20. The van der Waals surface area contributed by atoms with Gasteiger partial charge in [0, 0.05) is 5.69 Å². The number of hydrogen-bond donors (Lipinski definition) is 2.